The maximum atomic E-state index is 7.26. The highest BCUT2D eigenvalue weighted by Crippen LogP contribution is 2.06. The molecule has 0 bridgehead atoms. The lowest BCUT2D eigenvalue weighted by atomic mass is 10.1. The second-order valence-electron chi connectivity index (χ2n) is 3.70. The van der Waals surface area contributed by atoms with Gasteiger partial charge in [0.1, 0.15) is 0 Å². The third-order valence-corrected chi connectivity index (χ3v) is 2.49. The van der Waals surface area contributed by atoms with Crippen LogP contribution in [0.25, 0.3) is 0 Å². The minimum atomic E-state index is 0.350. The molecule has 4 N–H and O–H groups in total. The molecule has 1 rings (SSSR count). The van der Waals surface area contributed by atoms with E-state index in [9.17, 15) is 0 Å². The summed E-state index contributed by atoms with van der Waals surface area (Å²) in [6.45, 7) is 2.02. The number of piperidine rings is 1. The summed E-state index contributed by atoms with van der Waals surface area (Å²) in [5.41, 5.74) is 6.83. The molecule has 0 unspecified atom stereocenters. The average Bonchev–Trinajstić information content (AvgIpc) is 2.31. The molecule has 0 aliphatic carbocycles. The summed E-state index contributed by atoms with van der Waals surface area (Å²) in [4.78, 5) is 8.26. The van der Waals surface area contributed by atoms with Crippen molar-refractivity contribution >= 4 is 18.6 Å². The van der Waals surface area contributed by atoms with Crippen LogP contribution in [0.15, 0.2) is 21.3 Å². The van der Waals surface area contributed by atoms with Crippen molar-refractivity contribution in [3.8, 4) is 0 Å². The van der Waals surface area contributed by atoms with Gasteiger partial charge >= 0.3 is 0 Å². The molecule has 5 heteroatoms. The van der Waals surface area contributed by atoms with Crippen molar-refractivity contribution in [3.05, 3.63) is 11.3 Å². The molecule has 0 amide bonds. The van der Waals surface area contributed by atoms with E-state index in [2.05, 4.69) is 15.3 Å². The highest BCUT2D eigenvalue weighted by molar-refractivity contribution is 6.08. The fourth-order valence-electron chi connectivity index (χ4n) is 1.55. The van der Waals surface area contributed by atoms with Gasteiger partial charge in [0, 0.05) is 31.3 Å². The molecule has 1 aliphatic heterocycles. The number of nitrogens with zero attached hydrogens (tertiary/aromatic N) is 2. The Kier molecular flexibility index (Phi) is 5.42. The standard InChI is InChI=1S/C11H19N5/c1-14-8-11(13)9(6-12)7-16-10-2-4-15-5-3-10/h6-8,10,12,15H,2-5,13H2,1H3. The normalized spacial score (nSPS) is 20.3. The van der Waals surface area contributed by atoms with Crippen LogP contribution >= 0.6 is 0 Å². The first-order chi connectivity index (χ1) is 7.77. The van der Waals surface area contributed by atoms with Gasteiger partial charge in [-0.3, -0.25) is 9.98 Å². The van der Waals surface area contributed by atoms with E-state index in [0.29, 0.717) is 17.3 Å². The summed E-state index contributed by atoms with van der Waals surface area (Å²) in [6, 6.07) is 0.350. The monoisotopic (exact) mass is 221 g/mol. The molecule has 1 fully saturated rings. The SMILES string of the molecule is CN=CC(N)=C(C=N)C=NC1CCNCC1. The van der Waals surface area contributed by atoms with Gasteiger partial charge in [0.05, 0.1) is 11.7 Å². The fourth-order valence-corrected chi connectivity index (χ4v) is 1.55. The summed E-state index contributed by atoms with van der Waals surface area (Å²) in [6.07, 6.45) is 6.52. The Bertz CT molecular complexity index is 310. The zero-order valence-electron chi connectivity index (χ0n) is 9.61. The molecule has 5 nitrogen and oxygen atoms in total. The first-order valence-corrected chi connectivity index (χ1v) is 5.44. The van der Waals surface area contributed by atoms with Crippen LogP contribution in [-0.4, -0.2) is 44.8 Å². The topological polar surface area (TPSA) is 86.6 Å². The molecule has 0 aromatic heterocycles. The Labute approximate surface area is 96.1 Å². The van der Waals surface area contributed by atoms with Crippen molar-refractivity contribution in [3.63, 3.8) is 0 Å². The molecular formula is C11H19N5. The maximum absolute atomic E-state index is 7.26. The number of hydrogen-bond donors (Lipinski definition) is 3. The summed E-state index contributed by atoms with van der Waals surface area (Å²) in [7, 11) is 1.65. The second kappa shape index (κ2) is 6.90. The Morgan fingerprint density at radius 2 is 2.06 bits per heavy atom. The van der Waals surface area contributed by atoms with E-state index in [0.717, 1.165) is 25.9 Å². The molecule has 88 valence electrons. The first kappa shape index (κ1) is 12.6. The average molecular weight is 221 g/mol. The third kappa shape index (κ3) is 3.94. The quantitative estimate of drug-likeness (QED) is 0.599. The van der Waals surface area contributed by atoms with Crippen LogP contribution in [0, 0.1) is 5.41 Å². The minimum Gasteiger partial charge on any atom is -0.397 e. The molecule has 0 saturated carbocycles. The molecular weight excluding hydrogens is 202 g/mol. The zero-order valence-corrected chi connectivity index (χ0v) is 9.61. The predicted molar refractivity (Wildman–Crippen MR) is 68.8 cm³/mol. The molecule has 1 aliphatic rings. The number of aliphatic imine (C=N–C) groups is 2. The minimum absolute atomic E-state index is 0.350. The van der Waals surface area contributed by atoms with Crippen molar-refractivity contribution in [2.75, 3.05) is 20.1 Å². The van der Waals surface area contributed by atoms with Crippen LogP contribution in [0.4, 0.5) is 0 Å². The van der Waals surface area contributed by atoms with Crippen LogP contribution in [0.5, 0.6) is 0 Å². The fraction of sp³-hybridized carbons (Fsp3) is 0.545. The molecule has 16 heavy (non-hydrogen) atoms. The highest BCUT2D eigenvalue weighted by atomic mass is 14.9. The molecule has 1 heterocycles. The van der Waals surface area contributed by atoms with Crippen LogP contribution in [0.2, 0.25) is 0 Å². The highest BCUT2D eigenvalue weighted by Gasteiger charge is 2.10. The van der Waals surface area contributed by atoms with Crippen LogP contribution in [0.1, 0.15) is 12.8 Å². The summed E-state index contributed by atoms with van der Waals surface area (Å²) >= 11 is 0. The van der Waals surface area contributed by atoms with Crippen LogP contribution in [0.3, 0.4) is 0 Å². The zero-order chi connectivity index (χ0) is 11.8. The number of allylic oxidation sites excluding steroid dienone is 2. The lowest BCUT2D eigenvalue weighted by molar-refractivity contribution is 0.461. The Balaban J connectivity index is 2.64. The van der Waals surface area contributed by atoms with Crippen LogP contribution in [-0.2, 0) is 0 Å². The molecule has 0 radical (unpaired) electrons. The van der Waals surface area contributed by atoms with Gasteiger partial charge in [-0.15, -0.1) is 0 Å². The predicted octanol–water partition coefficient (Wildman–Crippen LogP) is 0.372. The van der Waals surface area contributed by atoms with Gasteiger partial charge in [0.25, 0.3) is 0 Å². The Morgan fingerprint density at radius 3 is 2.62 bits per heavy atom. The van der Waals surface area contributed by atoms with E-state index in [1.54, 1.807) is 13.3 Å². The lowest BCUT2D eigenvalue weighted by Crippen LogP contribution is -2.29. The molecule has 1 saturated heterocycles. The number of hydrogen-bond acceptors (Lipinski definition) is 5. The first-order valence-electron chi connectivity index (χ1n) is 5.44. The summed E-state index contributed by atoms with van der Waals surface area (Å²) in [5, 5.41) is 10.5. The smallest absolute Gasteiger partial charge is 0.0599 e. The lowest BCUT2D eigenvalue weighted by Gasteiger charge is -2.18. The van der Waals surface area contributed by atoms with Crippen molar-refractivity contribution in [2.24, 2.45) is 15.7 Å². The number of nitrogens with two attached hydrogens (primary N) is 1. The summed E-state index contributed by atoms with van der Waals surface area (Å²) in [5.74, 6) is 0. The Morgan fingerprint density at radius 1 is 1.38 bits per heavy atom. The Hall–Kier alpha value is -1.49. The van der Waals surface area contributed by atoms with Gasteiger partial charge in [0.15, 0.2) is 0 Å². The van der Waals surface area contributed by atoms with Crippen molar-refractivity contribution in [2.45, 2.75) is 18.9 Å². The maximum Gasteiger partial charge on any atom is 0.0599 e. The van der Waals surface area contributed by atoms with Gasteiger partial charge in [-0.25, -0.2) is 0 Å². The number of nitrogens with one attached hydrogen (secondary N) is 2. The molecule has 0 aromatic rings. The van der Waals surface area contributed by atoms with Gasteiger partial charge in [-0.2, -0.15) is 0 Å². The van der Waals surface area contributed by atoms with Crippen molar-refractivity contribution < 1.29 is 0 Å². The van der Waals surface area contributed by atoms with E-state index in [4.69, 9.17) is 11.1 Å². The summed E-state index contributed by atoms with van der Waals surface area (Å²) < 4.78 is 0. The van der Waals surface area contributed by atoms with Gasteiger partial charge in [-0.1, -0.05) is 0 Å². The van der Waals surface area contributed by atoms with Gasteiger partial charge in [0.2, 0.25) is 0 Å². The molecule has 0 aromatic carbocycles. The van der Waals surface area contributed by atoms with E-state index in [1.807, 2.05) is 0 Å². The van der Waals surface area contributed by atoms with Gasteiger partial charge < -0.3 is 16.5 Å². The van der Waals surface area contributed by atoms with Gasteiger partial charge in [-0.05, 0) is 25.9 Å². The largest absolute Gasteiger partial charge is 0.397 e. The van der Waals surface area contributed by atoms with E-state index in [-0.39, 0.29) is 0 Å². The number of rotatable bonds is 4. The third-order valence-electron chi connectivity index (χ3n) is 2.49. The van der Waals surface area contributed by atoms with E-state index >= 15 is 0 Å². The van der Waals surface area contributed by atoms with E-state index in [1.165, 1.54) is 12.4 Å². The van der Waals surface area contributed by atoms with E-state index < -0.39 is 0 Å². The van der Waals surface area contributed by atoms with Crippen molar-refractivity contribution in [1.29, 1.82) is 5.41 Å². The molecule has 0 spiro atoms. The van der Waals surface area contributed by atoms with Crippen molar-refractivity contribution in [1.82, 2.24) is 5.32 Å². The second-order valence-corrected chi connectivity index (χ2v) is 3.70. The molecule has 0 atom stereocenters. The van der Waals surface area contributed by atoms with Crippen LogP contribution < -0.4 is 11.1 Å².